The van der Waals surface area contributed by atoms with Crippen LogP contribution in [0.5, 0.6) is 0 Å². The van der Waals surface area contributed by atoms with Crippen LogP contribution in [0.3, 0.4) is 0 Å². The average Bonchev–Trinajstić information content (AvgIpc) is 3.19. The third kappa shape index (κ3) is 26.5. The van der Waals surface area contributed by atoms with Gasteiger partial charge in [0.25, 0.3) is 0 Å². The number of rotatable bonds is 34. The Balaban J connectivity index is 2.51. The summed E-state index contributed by atoms with van der Waals surface area (Å²) in [7, 11) is -5.12. The first-order valence-corrected chi connectivity index (χ1v) is 23.0. The van der Waals surface area contributed by atoms with Crippen LogP contribution in [0.4, 0.5) is 0 Å². The molecule has 0 aromatic rings. The number of unbranched alkanes of at least 4 members (excludes halogenated alkanes) is 17. The van der Waals surface area contributed by atoms with E-state index in [0.717, 1.165) is 44.9 Å². The van der Waals surface area contributed by atoms with Crippen LogP contribution in [0, 0.1) is 0 Å². The fourth-order valence-corrected chi connectivity index (χ4v) is 7.27. The molecule has 1 fully saturated rings. The highest BCUT2D eigenvalue weighted by Crippen LogP contribution is 2.47. The SMILES string of the molecule is CC/C=C/C=C/C=C/C=C/CCCCCC(=O)OC(COC(=O)CCCCCCCCCCCCCCCCC)COP(=O)(O)OC1C(O)C(O)C(O)[C@H](O)C1O. The summed E-state index contributed by atoms with van der Waals surface area (Å²) in [5.41, 5.74) is 0. The molecule has 0 radical (unpaired) electrons. The number of aliphatic hydroxyl groups excluding tert-OH is 5. The van der Waals surface area contributed by atoms with Gasteiger partial charge in [-0.1, -0.05) is 159 Å². The smallest absolute Gasteiger partial charge is 0.462 e. The van der Waals surface area contributed by atoms with E-state index in [1.165, 1.54) is 70.6 Å². The van der Waals surface area contributed by atoms with Crippen molar-refractivity contribution >= 4 is 19.8 Å². The van der Waals surface area contributed by atoms with Crippen molar-refractivity contribution in [3.63, 3.8) is 0 Å². The minimum absolute atomic E-state index is 0.0507. The summed E-state index contributed by atoms with van der Waals surface area (Å²) in [4.78, 5) is 35.6. The van der Waals surface area contributed by atoms with Gasteiger partial charge in [-0.3, -0.25) is 18.6 Å². The maximum absolute atomic E-state index is 12.8. The topological polar surface area (TPSA) is 210 Å². The predicted octanol–water partition coefficient (Wildman–Crippen LogP) is 7.61. The van der Waals surface area contributed by atoms with Crippen LogP contribution in [-0.4, -0.2) is 98.3 Å². The first kappa shape index (κ1) is 52.8. The molecule has 0 amide bonds. The zero-order valence-electron chi connectivity index (χ0n) is 34.6. The molecular weight excluding hydrogens is 755 g/mol. The second-order valence-electron chi connectivity index (χ2n) is 14.9. The highest BCUT2D eigenvalue weighted by molar-refractivity contribution is 7.47. The van der Waals surface area contributed by atoms with Crippen molar-refractivity contribution in [2.75, 3.05) is 13.2 Å². The molecule has 0 aromatic carbocycles. The van der Waals surface area contributed by atoms with Gasteiger partial charge in [-0.15, -0.1) is 0 Å². The molecule has 1 saturated carbocycles. The number of hydrogen-bond acceptors (Lipinski definition) is 12. The van der Waals surface area contributed by atoms with Gasteiger partial charge in [-0.25, -0.2) is 4.57 Å². The molecule has 0 aliphatic heterocycles. The highest BCUT2D eigenvalue weighted by Gasteiger charge is 2.51. The van der Waals surface area contributed by atoms with Crippen molar-refractivity contribution in [3.8, 4) is 0 Å². The first-order chi connectivity index (χ1) is 27.4. The van der Waals surface area contributed by atoms with Crippen LogP contribution in [0.15, 0.2) is 48.6 Å². The van der Waals surface area contributed by atoms with E-state index >= 15 is 0 Å². The van der Waals surface area contributed by atoms with Gasteiger partial charge in [0.1, 0.15) is 43.2 Å². The van der Waals surface area contributed by atoms with Crippen molar-refractivity contribution in [3.05, 3.63) is 48.6 Å². The Labute approximate surface area is 341 Å². The van der Waals surface area contributed by atoms with Crippen LogP contribution in [0.2, 0.25) is 0 Å². The normalized spacial score (nSPS) is 23.2. The van der Waals surface area contributed by atoms with Crippen molar-refractivity contribution in [2.45, 2.75) is 198 Å². The Bertz CT molecular complexity index is 1190. The summed E-state index contributed by atoms with van der Waals surface area (Å²) in [6.07, 6.45) is 24.7. The monoisotopic (exact) mass is 830 g/mol. The van der Waals surface area contributed by atoms with Crippen LogP contribution in [-0.2, 0) is 32.7 Å². The Morgan fingerprint density at radius 3 is 1.53 bits per heavy atom. The molecule has 13 nitrogen and oxygen atoms in total. The molecule has 1 aliphatic rings. The molecule has 57 heavy (non-hydrogen) atoms. The quantitative estimate of drug-likeness (QED) is 0.0160. The lowest BCUT2D eigenvalue weighted by Gasteiger charge is -2.41. The number of phosphoric acid groups is 1. The van der Waals surface area contributed by atoms with E-state index < -0.39 is 75.7 Å². The molecular formula is C43H75O13P. The summed E-state index contributed by atoms with van der Waals surface area (Å²) in [6.45, 7) is 3.11. The fourth-order valence-electron chi connectivity index (χ4n) is 6.30. The van der Waals surface area contributed by atoms with E-state index in [1.54, 1.807) is 0 Å². The van der Waals surface area contributed by atoms with Gasteiger partial charge in [0.15, 0.2) is 6.10 Å². The lowest BCUT2D eigenvalue weighted by molar-refractivity contribution is -0.220. The molecule has 7 unspecified atom stereocenters. The van der Waals surface area contributed by atoms with E-state index in [2.05, 4.69) is 19.9 Å². The molecule has 6 N–H and O–H groups in total. The molecule has 1 aliphatic carbocycles. The maximum Gasteiger partial charge on any atom is 0.472 e. The third-order valence-corrected chi connectivity index (χ3v) is 10.8. The highest BCUT2D eigenvalue weighted by atomic mass is 31.2. The minimum Gasteiger partial charge on any atom is -0.462 e. The first-order valence-electron chi connectivity index (χ1n) is 21.5. The number of aliphatic hydroxyl groups is 5. The Morgan fingerprint density at radius 1 is 0.561 bits per heavy atom. The number of ether oxygens (including phenoxy) is 2. The number of hydrogen-bond donors (Lipinski definition) is 6. The second kappa shape index (κ2) is 33.6. The number of esters is 2. The average molecular weight is 831 g/mol. The number of carbonyl (C=O) groups excluding carboxylic acids is 2. The second-order valence-corrected chi connectivity index (χ2v) is 16.3. The molecule has 0 spiro atoms. The number of allylic oxidation sites excluding steroid dienone is 8. The van der Waals surface area contributed by atoms with Gasteiger partial charge < -0.3 is 39.9 Å². The van der Waals surface area contributed by atoms with Gasteiger partial charge in [0.2, 0.25) is 0 Å². The van der Waals surface area contributed by atoms with E-state index in [0.29, 0.717) is 12.8 Å². The molecule has 0 heterocycles. The zero-order valence-corrected chi connectivity index (χ0v) is 35.5. The molecule has 14 heteroatoms. The van der Waals surface area contributed by atoms with Crippen molar-refractivity contribution in [1.29, 1.82) is 0 Å². The lowest BCUT2D eigenvalue weighted by atomic mass is 9.85. The van der Waals surface area contributed by atoms with Gasteiger partial charge in [0, 0.05) is 12.8 Å². The van der Waals surface area contributed by atoms with E-state index in [1.807, 2.05) is 42.5 Å². The van der Waals surface area contributed by atoms with Crippen molar-refractivity contribution in [2.24, 2.45) is 0 Å². The molecule has 0 aromatic heterocycles. The zero-order chi connectivity index (χ0) is 42.2. The molecule has 0 saturated heterocycles. The van der Waals surface area contributed by atoms with Crippen LogP contribution in [0.1, 0.15) is 155 Å². The Hall–Kier alpha value is -2.19. The van der Waals surface area contributed by atoms with Gasteiger partial charge in [-0.05, 0) is 32.1 Å². The number of carbonyl (C=O) groups is 2. The van der Waals surface area contributed by atoms with Gasteiger partial charge in [-0.2, -0.15) is 0 Å². The van der Waals surface area contributed by atoms with E-state index in [-0.39, 0.29) is 12.8 Å². The van der Waals surface area contributed by atoms with Crippen LogP contribution < -0.4 is 0 Å². The number of phosphoric ester groups is 1. The standard InChI is InChI=1S/C43H75O13P/c1-3-5-7-9-11-13-15-17-18-20-21-23-25-27-29-31-36(44)53-33-35(34-54-57(51,52)56-43-41(49)39(47)38(46)40(48)42(43)50)55-37(45)32-30-28-26-24-22-19-16-14-12-10-8-6-4-2/h6,8,10,12,14,16,19,22,35,38-43,46-50H,3-5,7,9,11,13,15,17-18,20-21,23-34H2,1-2H3,(H,51,52)/b8-6+,12-10+,16-14+,22-19+/t35?,38?,39-,40?,41?,42?,43?/m0/s1. The summed E-state index contributed by atoms with van der Waals surface area (Å²) in [5.74, 6) is -1.15. The molecule has 330 valence electrons. The van der Waals surface area contributed by atoms with Crippen molar-refractivity contribution < 1.29 is 63.1 Å². The Morgan fingerprint density at radius 2 is 1.00 bits per heavy atom. The lowest BCUT2D eigenvalue weighted by Crippen LogP contribution is -2.64. The van der Waals surface area contributed by atoms with Crippen molar-refractivity contribution in [1.82, 2.24) is 0 Å². The third-order valence-electron chi connectivity index (χ3n) is 9.78. The summed E-state index contributed by atoms with van der Waals surface area (Å²) in [5, 5.41) is 50.0. The summed E-state index contributed by atoms with van der Waals surface area (Å²) >= 11 is 0. The van der Waals surface area contributed by atoms with E-state index in [4.69, 9.17) is 18.5 Å². The minimum atomic E-state index is -5.12. The van der Waals surface area contributed by atoms with Crippen LogP contribution in [0.25, 0.3) is 0 Å². The van der Waals surface area contributed by atoms with E-state index in [9.17, 15) is 44.6 Å². The molecule has 1 rings (SSSR count). The predicted molar refractivity (Wildman–Crippen MR) is 221 cm³/mol. The maximum atomic E-state index is 12.8. The fraction of sp³-hybridized carbons (Fsp3) is 0.767. The summed E-state index contributed by atoms with van der Waals surface area (Å²) < 4.78 is 33.4. The Kier molecular flexibility index (Phi) is 31.2. The van der Waals surface area contributed by atoms with Crippen LogP contribution >= 0.6 is 7.82 Å². The summed E-state index contributed by atoms with van der Waals surface area (Å²) in [6, 6.07) is 0. The van der Waals surface area contributed by atoms with Gasteiger partial charge in [0.05, 0.1) is 6.61 Å². The largest absolute Gasteiger partial charge is 0.472 e. The molecule has 8 atom stereocenters. The van der Waals surface area contributed by atoms with Gasteiger partial charge >= 0.3 is 19.8 Å². The molecule has 0 bridgehead atoms.